The second-order valence-electron chi connectivity index (χ2n) is 3.83. The Kier molecular flexibility index (Phi) is 3.36. The minimum Gasteiger partial charge on any atom is -0.477 e. The zero-order valence-corrected chi connectivity index (χ0v) is 8.85. The van der Waals surface area contributed by atoms with Crippen LogP contribution >= 0.6 is 0 Å². The molecule has 1 saturated heterocycles. The van der Waals surface area contributed by atoms with Crippen LogP contribution in [0, 0.1) is 5.92 Å². The zero-order chi connectivity index (χ0) is 11.4. The van der Waals surface area contributed by atoms with Crippen molar-refractivity contribution >= 4 is 5.97 Å². The first-order valence-corrected chi connectivity index (χ1v) is 5.29. The van der Waals surface area contributed by atoms with Crippen LogP contribution in [0.3, 0.4) is 0 Å². The molecular weight excluding hydrogens is 208 g/mol. The van der Waals surface area contributed by atoms with Gasteiger partial charge in [0.15, 0.2) is 0 Å². The van der Waals surface area contributed by atoms with Crippen LogP contribution in [0.5, 0.6) is 5.88 Å². The van der Waals surface area contributed by atoms with Gasteiger partial charge in [-0.05, 0) is 25.1 Å². The van der Waals surface area contributed by atoms with E-state index in [9.17, 15) is 4.79 Å². The number of carboxylic acids is 1. The summed E-state index contributed by atoms with van der Waals surface area (Å²) in [6.45, 7) is 2.45. The quantitative estimate of drug-likeness (QED) is 0.787. The molecule has 2 heterocycles. The van der Waals surface area contributed by atoms with Crippen LogP contribution in [0.2, 0.25) is 0 Å². The van der Waals surface area contributed by atoms with E-state index in [1.165, 1.54) is 12.3 Å². The summed E-state index contributed by atoms with van der Waals surface area (Å²) in [6.07, 6.45) is 2.60. The van der Waals surface area contributed by atoms with Crippen LogP contribution in [-0.2, 0) is 0 Å². The van der Waals surface area contributed by atoms with Gasteiger partial charge in [0.25, 0.3) is 0 Å². The first-order valence-electron chi connectivity index (χ1n) is 5.29. The van der Waals surface area contributed by atoms with Crippen molar-refractivity contribution < 1.29 is 14.6 Å². The smallest absolute Gasteiger partial charge is 0.341 e. The molecule has 1 unspecified atom stereocenters. The molecule has 2 rings (SSSR count). The lowest BCUT2D eigenvalue weighted by atomic mass is 10.1. The van der Waals surface area contributed by atoms with E-state index >= 15 is 0 Å². The summed E-state index contributed by atoms with van der Waals surface area (Å²) >= 11 is 0. The maximum Gasteiger partial charge on any atom is 0.341 e. The molecule has 5 nitrogen and oxygen atoms in total. The van der Waals surface area contributed by atoms with Crippen LogP contribution in [0.4, 0.5) is 0 Å². The number of nitrogens with zero attached hydrogens (tertiary/aromatic N) is 1. The highest BCUT2D eigenvalue weighted by atomic mass is 16.5. The van der Waals surface area contributed by atoms with Crippen molar-refractivity contribution in [2.45, 2.75) is 6.42 Å². The van der Waals surface area contributed by atoms with E-state index < -0.39 is 5.97 Å². The Hall–Kier alpha value is -1.62. The van der Waals surface area contributed by atoms with E-state index in [2.05, 4.69) is 10.3 Å². The van der Waals surface area contributed by atoms with Gasteiger partial charge >= 0.3 is 5.97 Å². The number of hydrogen-bond acceptors (Lipinski definition) is 4. The van der Waals surface area contributed by atoms with Crippen molar-refractivity contribution in [3.8, 4) is 5.88 Å². The predicted octanol–water partition coefficient (Wildman–Crippen LogP) is 0.768. The molecule has 0 aromatic carbocycles. The van der Waals surface area contributed by atoms with Gasteiger partial charge in [0, 0.05) is 18.7 Å². The first kappa shape index (κ1) is 10.9. The number of pyridine rings is 1. The fourth-order valence-electron chi connectivity index (χ4n) is 1.72. The van der Waals surface area contributed by atoms with E-state index in [1.54, 1.807) is 6.07 Å². The number of carboxylic acid groups (broad SMARTS) is 1. The number of hydrogen-bond donors (Lipinski definition) is 2. The van der Waals surface area contributed by atoms with Crippen molar-refractivity contribution in [1.82, 2.24) is 10.3 Å². The van der Waals surface area contributed by atoms with Crippen molar-refractivity contribution in [1.29, 1.82) is 0 Å². The highest BCUT2D eigenvalue weighted by Gasteiger charge is 2.17. The van der Waals surface area contributed by atoms with Crippen molar-refractivity contribution in [2.75, 3.05) is 19.7 Å². The molecule has 0 radical (unpaired) electrons. The topological polar surface area (TPSA) is 71.5 Å². The number of carbonyl (C=O) groups is 1. The molecule has 1 aromatic heterocycles. The molecule has 5 heteroatoms. The predicted molar refractivity (Wildman–Crippen MR) is 57.7 cm³/mol. The van der Waals surface area contributed by atoms with Crippen LogP contribution in [0.15, 0.2) is 18.3 Å². The van der Waals surface area contributed by atoms with Gasteiger partial charge in [-0.3, -0.25) is 0 Å². The van der Waals surface area contributed by atoms with Gasteiger partial charge in [0.1, 0.15) is 5.56 Å². The third kappa shape index (κ3) is 2.49. The molecule has 16 heavy (non-hydrogen) atoms. The Morgan fingerprint density at radius 3 is 3.25 bits per heavy atom. The van der Waals surface area contributed by atoms with Crippen LogP contribution in [0.25, 0.3) is 0 Å². The van der Waals surface area contributed by atoms with Gasteiger partial charge in [0.05, 0.1) is 6.61 Å². The molecule has 1 aliphatic heterocycles. The highest BCUT2D eigenvalue weighted by molar-refractivity contribution is 5.90. The molecule has 2 N–H and O–H groups in total. The Labute approximate surface area is 93.5 Å². The van der Waals surface area contributed by atoms with Gasteiger partial charge < -0.3 is 15.2 Å². The van der Waals surface area contributed by atoms with E-state index in [0.717, 1.165) is 19.5 Å². The molecule has 0 saturated carbocycles. The summed E-state index contributed by atoms with van der Waals surface area (Å²) in [6, 6.07) is 3.09. The lowest BCUT2D eigenvalue weighted by molar-refractivity contribution is 0.0690. The fourth-order valence-corrected chi connectivity index (χ4v) is 1.72. The van der Waals surface area contributed by atoms with Gasteiger partial charge in [-0.1, -0.05) is 0 Å². The largest absolute Gasteiger partial charge is 0.477 e. The Bertz CT molecular complexity index is 375. The summed E-state index contributed by atoms with van der Waals surface area (Å²) in [4.78, 5) is 14.8. The molecule has 0 aliphatic carbocycles. The SMILES string of the molecule is O=C(O)c1cccnc1OCC1CCNC1. The van der Waals surface area contributed by atoms with Crippen LogP contribution < -0.4 is 10.1 Å². The standard InChI is InChI=1S/C11H14N2O3/c14-11(15)9-2-1-4-13-10(9)16-7-8-3-5-12-6-8/h1-2,4,8,12H,3,5-7H2,(H,14,15). The normalized spacial score (nSPS) is 19.6. The lowest BCUT2D eigenvalue weighted by Gasteiger charge is -2.11. The number of rotatable bonds is 4. The van der Waals surface area contributed by atoms with E-state index in [4.69, 9.17) is 9.84 Å². The maximum atomic E-state index is 10.9. The summed E-state index contributed by atoms with van der Waals surface area (Å²) in [7, 11) is 0. The number of aromatic nitrogens is 1. The van der Waals surface area contributed by atoms with Crippen molar-refractivity contribution in [3.05, 3.63) is 23.9 Å². The number of aromatic carboxylic acids is 1. The Morgan fingerprint density at radius 2 is 2.56 bits per heavy atom. The minimum absolute atomic E-state index is 0.119. The van der Waals surface area contributed by atoms with Crippen molar-refractivity contribution in [2.24, 2.45) is 5.92 Å². The van der Waals surface area contributed by atoms with E-state index in [0.29, 0.717) is 12.5 Å². The van der Waals surface area contributed by atoms with Crippen molar-refractivity contribution in [3.63, 3.8) is 0 Å². The first-order chi connectivity index (χ1) is 7.77. The highest BCUT2D eigenvalue weighted by Crippen LogP contribution is 2.16. The third-order valence-electron chi connectivity index (χ3n) is 2.62. The second kappa shape index (κ2) is 4.94. The monoisotopic (exact) mass is 222 g/mol. The van der Waals surface area contributed by atoms with Crippen LogP contribution in [0.1, 0.15) is 16.8 Å². The summed E-state index contributed by atoms with van der Waals surface area (Å²) < 4.78 is 5.45. The summed E-state index contributed by atoms with van der Waals surface area (Å²) in [5, 5.41) is 12.2. The number of ether oxygens (including phenoxy) is 1. The van der Waals surface area contributed by atoms with E-state index in [-0.39, 0.29) is 11.4 Å². The fraction of sp³-hybridized carbons (Fsp3) is 0.455. The zero-order valence-electron chi connectivity index (χ0n) is 8.85. The maximum absolute atomic E-state index is 10.9. The average molecular weight is 222 g/mol. The second-order valence-corrected chi connectivity index (χ2v) is 3.83. The lowest BCUT2D eigenvalue weighted by Crippen LogP contribution is -2.17. The molecule has 1 aliphatic rings. The Morgan fingerprint density at radius 1 is 1.69 bits per heavy atom. The third-order valence-corrected chi connectivity index (χ3v) is 2.62. The molecule has 1 aromatic rings. The summed E-state index contributed by atoms with van der Waals surface area (Å²) in [5.74, 6) is -0.349. The van der Waals surface area contributed by atoms with E-state index in [1.807, 2.05) is 0 Å². The molecule has 0 spiro atoms. The van der Waals surface area contributed by atoms with Gasteiger partial charge in [-0.15, -0.1) is 0 Å². The molecule has 0 amide bonds. The molecule has 1 fully saturated rings. The molecule has 86 valence electrons. The van der Waals surface area contributed by atoms with Gasteiger partial charge in [-0.2, -0.15) is 0 Å². The molecule has 0 bridgehead atoms. The molecule has 1 atom stereocenters. The number of nitrogens with one attached hydrogen (secondary N) is 1. The van der Waals surface area contributed by atoms with Gasteiger partial charge in [0.2, 0.25) is 5.88 Å². The molecular formula is C11H14N2O3. The Balaban J connectivity index is 2.00. The van der Waals surface area contributed by atoms with Crippen LogP contribution in [-0.4, -0.2) is 35.8 Å². The summed E-state index contributed by atoms with van der Waals surface area (Å²) in [5.41, 5.74) is 0.119. The van der Waals surface area contributed by atoms with Gasteiger partial charge in [-0.25, -0.2) is 9.78 Å². The minimum atomic E-state index is -1.01. The average Bonchev–Trinajstić information content (AvgIpc) is 2.79.